The Bertz CT molecular complexity index is 477. The van der Waals surface area contributed by atoms with Crippen molar-refractivity contribution in [2.45, 2.75) is 0 Å². The molecular formula is C12H10OSi. The Balaban J connectivity index is 2.75. The number of phenols is 1. The van der Waals surface area contributed by atoms with Crippen molar-refractivity contribution in [1.82, 2.24) is 0 Å². The quantitative estimate of drug-likeness (QED) is 0.732. The van der Waals surface area contributed by atoms with Crippen LogP contribution < -0.4 is 5.19 Å². The first-order valence-electron chi connectivity index (χ1n) is 4.41. The lowest BCUT2D eigenvalue weighted by Gasteiger charge is -2.05. The summed E-state index contributed by atoms with van der Waals surface area (Å²) in [6.45, 7) is 3.71. The highest BCUT2D eigenvalue weighted by Crippen LogP contribution is 2.16. The van der Waals surface area contributed by atoms with Gasteiger partial charge in [0.1, 0.15) is 15.3 Å². The van der Waals surface area contributed by atoms with Crippen LogP contribution in [0.2, 0.25) is 0 Å². The fourth-order valence-electron chi connectivity index (χ4n) is 1.51. The Labute approximate surface area is 85.5 Å². The fraction of sp³-hybridized carbons (Fsp3) is 0. The fourth-order valence-corrected chi connectivity index (χ4v) is 2.33. The summed E-state index contributed by atoms with van der Waals surface area (Å²) in [5.41, 5.74) is 1.83. The Hall–Kier alpha value is -1.54. The molecule has 0 aromatic heterocycles. The summed E-state index contributed by atoms with van der Waals surface area (Å²) < 4.78 is 0. The van der Waals surface area contributed by atoms with E-state index in [4.69, 9.17) is 0 Å². The molecule has 68 valence electrons. The van der Waals surface area contributed by atoms with Crippen molar-refractivity contribution in [2.75, 3.05) is 0 Å². The highest BCUT2D eigenvalue weighted by Gasteiger charge is 2.04. The first-order chi connectivity index (χ1) is 6.83. The predicted octanol–water partition coefficient (Wildman–Crippen LogP) is 2.02. The Kier molecular flexibility index (Phi) is 2.37. The van der Waals surface area contributed by atoms with Crippen molar-refractivity contribution in [3.8, 4) is 5.75 Å². The molecule has 1 N–H and O–H groups in total. The summed E-state index contributed by atoms with van der Waals surface area (Å²) in [5.74, 6) is 0.363. The van der Waals surface area contributed by atoms with Gasteiger partial charge in [-0.25, -0.2) is 0 Å². The van der Waals surface area contributed by atoms with Gasteiger partial charge in [0, 0.05) is 0 Å². The van der Waals surface area contributed by atoms with Crippen molar-refractivity contribution < 1.29 is 5.11 Å². The number of benzene rings is 2. The van der Waals surface area contributed by atoms with E-state index in [1.807, 2.05) is 36.0 Å². The first-order valence-corrected chi connectivity index (χ1v) is 5.49. The second-order valence-corrected chi connectivity index (χ2v) is 4.23. The van der Waals surface area contributed by atoms with Gasteiger partial charge >= 0.3 is 0 Å². The van der Waals surface area contributed by atoms with Gasteiger partial charge in [0.05, 0.1) is 0 Å². The third-order valence-electron chi connectivity index (χ3n) is 2.15. The van der Waals surface area contributed by atoms with Crippen LogP contribution in [0.1, 0.15) is 0 Å². The zero-order chi connectivity index (χ0) is 9.97. The second kappa shape index (κ2) is 3.68. The van der Waals surface area contributed by atoms with Crippen molar-refractivity contribution in [1.29, 1.82) is 0 Å². The first kappa shape index (κ1) is 9.03. The smallest absolute Gasteiger partial charge is 0.117 e. The van der Waals surface area contributed by atoms with Gasteiger partial charge in [-0.1, -0.05) is 30.3 Å². The van der Waals surface area contributed by atoms with Gasteiger partial charge in [-0.05, 0) is 22.0 Å². The van der Waals surface area contributed by atoms with E-state index in [1.165, 1.54) is 0 Å². The molecule has 0 aliphatic carbocycles. The van der Waals surface area contributed by atoms with Crippen molar-refractivity contribution in [2.24, 2.45) is 0 Å². The molecule has 1 nitrogen and oxygen atoms in total. The minimum Gasteiger partial charge on any atom is -0.508 e. The summed E-state index contributed by atoms with van der Waals surface area (Å²) >= 11 is 0. The number of hydrogen-bond donors (Lipinski definition) is 1. The molecule has 0 spiro atoms. The van der Waals surface area contributed by atoms with Crippen LogP contribution in [0.5, 0.6) is 5.75 Å². The van der Waals surface area contributed by atoms with Crippen LogP contribution in [0.25, 0.3) is 10.8 Å². The molecule has 0 fully saturated rings. The summed E-state index contributed by atoms with van der Waals surface area (Å²) in [6.07, 6.45) is 0. The van der Waals surface area contributed by atoms with Gasteiger partial charge in [-0.15, -0.1) is 12.3 Å². The van der Waals surface area contributed by atoms with Gasteiger partial charge in [0.25, 0.3) is 0 Å². The molecule has 2 radical (unpaired) electrons. The number of phenolic OH excluding ortho intramolecular Hbond substituents is 1. The Morgan fingerprint density at radius 2 is 1.93 bits per heavy atom. The lowest BCUT2D eigenvalue weighted by Crippen LogP contribution is -2.13. The van der Waals surface area contributed by atoms with E-state index in [9.17, 15) is 5.11 Å². The second-order valence-electron chi connectivity index (χ2n) is 3.03. The highest BCUT2D eigenvalue weighted by atomic mass is 28.2. The van der Waals surface area contributed by atoms with Gasteiger partial charge in [-0.2, -0.15) is 0 Å². The van der Waals surface area contributed by atoms with E-state index in [2.05, 4.69) is 6.58 Å². The molecule has 14 heavy (non-hydrogen) atoms. The molecule has 2 aromatic rings. The van der Waals surface area contributed by atoms with E-state index < -0.39 is 0 Å². The molecule has 0 aliphatic heterocycles. The Morgan fingerprint density at radius 1 is 1.14 bits per heavy atom. The van der Waals surface area contributed by atoms with Crippen LogP contribution in [0.3, 0.4) is 0 Å². The number of hydrogen-bond acceptors (Lipinski definition) is 1. The monoisotopic (exact) mass is 198 g/mol. The molecule has 0 unspecified atom stereocenters. The average molecular weight is 198 g/mol. The topological polar surface area (TPSA) is 20.2 Å². The van der Waals surface area contributed by atoms with Gasteiger partial charge in [-0.3, -0.25) is 0 Å². The van der Waals surface area contributed by atoms with Crippen molar-refractivity contribution in [3.63, 3.8) is 0 Å². The third-order valence-corrected chi connectivity index (χ3v) is 3.17. The molecule has 0 atom stereocenters. The molecule has 0 bridgehead atoms. The highest BCUT2D eigenvalue weighted by molar-refractivity contribution is 6.62. The predicted molar refractivity (Wildman–Crippen MR) is 61.2 cm³/mol. The van der Waals surface area contributed by atoms with Crippen LogP contribution in [0, 0.1) is 0 Å². The zero-order valence-corrected chi connectivity index (χ0v) is 8.70. The number of rotatable bonds is 2. The summed E-state index contributed by atoms with van der Waals surface area (Å²) in [6, 6.07) is 11.7. The van der Waals surface area contributed by atoms with E-state index >= 15 is 0 Å². The van der Waals surface area contributed by atoms with Crippen LogP contribution in [0.15, 0.2) is 48.7 Å². The molecule has 0 saturated carbocycles. The maximum atomic E-state index is 9.70. The van der Waals surface area contributed by atoms with Gasteiger partial charge in [0.15, 0.2) is 0 Å². The molecule has 0 heterocycles. The maximum absolute atomic E-state index is 9.70. The van der Waals surface area contributed by atoms with Crippen LogP contribution in [0.4, 0.5) is 0 Å². The van der Waals surface area contributed by atoms with E-state index in [1.54, 1.807) is 6.07 Å². The van der Waals surface area contributed by atoms with E-state index in [0.29, 0.717) is 15.3 Å². The maximum Gasteiger partial charge on any atom is 0.117 e. The summed E-state index contributed by atoms with van der Waals surface area (Å²) in [4.78, 5) is 0. The minimum absolute atomic E-state index is 0.363. The minimum atomic E-state index is 0.363. The van der Waals surface area contributed by atoms with Crippen LogP contribution in [-0.2, 0) is 0 Å². The lowest BCUT2D eigenvalue weighted by molar-refractivity contribution is 0.480. The largest absolute Gasteiger partial charge is 0.508 e. The molecule has 0 saturated heterocycles. The van der Waals surface area contributed by atoms with Crippen molar-refractivity contribution in [3.05, 3.63) is 48.7 Å². The third kappa shape index (κ3) is 1.44. The number of fused-ring (bicyclic) bond motifs is 1. The Morgan fingerprint density at radius 3 is 2.71 bits per heavy atom. The average Bonchev–Trinajstić information content (AvgIpc) is 2.23. The zero-order valence-electron chi connectivity index (χ0n) is 7.70. The molecule has 2 heteroatoms. The van der Waals surface area contributed by atoms with Crippen LogP contribution >= 0.6 is 0 Å². The standard InChI is InChI=1S/C12H10OSi/c1-2-14-12-10-6-4-3-5-9(10)7-8-11(12)13/h2-8,13H,1H2. The van der Waals surface area contributed by atoms with Crippen molar-refractivity contribution >= 4 is 25.5 Å². The SMILES string of the molecule is C=C[Si]c1c(O)ccc2ccccc12. The van der Waals surface area contributed by atoms with Gasteiger partial charge in [0.2, 0.25) is 0 Å². The van der Waals surface area contributed by atoms with Gasteiger partial charge < -0.3 is 5.11 Å². The molecule has 0 amide bonds. The molecule has 2 aromatic carbocycles. The number of aromatic hydroxyl groups is 1. The van der Waals surface area contributed by atoms with E-state index in [0.717, 1.165) is 16.0 Å². The molecule has 0 aliphatic rings. The normalized spacial score (nSPS) is 10.3. The molecule has 2 rings (SSSR count). The summed E-state index contributed by atoms with van der Waals surface area (Å²) in [5, 5.41) is 13.0. The lowest BCUT2D eigenvalue weighted by atomic mass is 10.1. The molecular weight excluding hydrogens is 188 g/mol. The summed E-state index contributed by atoms with van der Waals surface area (Å²) in [7, 11) is 0.454. The van der Waals surface area contributed by atoms with Crippen LogP contribution in [-0.4, -0.2) is 14.6 Å². The van der Waals surface area contributed by atoms with E-state index in [-0.39, 0.29) is 0 Å².